The smallest absolute Gasteiger partial charge is 0.407 e. The standard InChI is InChI=1S/C46H48FN9O5/c1-60-46(59)54-41(28-7-3-2-4-8-28)45(58)56-18-6-10-39(56)43-51-26-37(53-43)33-14-13-31(22-34(33)47)35-23-29-11-12-30(21-32(29)24-49-35)36-25-50-42(52-36)38-9-5-17-55(38)44(57)40(48)27-15-19-61-20-16-27/h2-4,7-8,11-14,21-27,38-41H,5-6,9-10,15-20,48H2,1H3,(H,50,52)(H,51,53)(H,54,59)/t38-,39-,40-,41+/m0/s1. The van der Waals surface area contributed by atoms with E-state index in [0.29, 0.717) is 66.6 Å². The zero-order valence-electron chi connectivity index (χ0n) is 33.9. The third kappa shape index (κ3) is 8.10. The van der Waals surface area contributed by atoms with E-state index < -0.39 is 24.0 Å². The Balaban J connectivity index is 0.884. The van der Waals surface area contributed by atoms with Gasteiger partial charge < -0.3 is 40.3 Å². The molecule has 14 nitrogen and oxygen atoms in total. The van der Waals surface area contributed by atoms with Crippen LogP contribution in [-0.2, 0) is 19.1 Å². The Morgan fingerprint density at radius 3 is 2.16 bits per heavy atom. The van der Waals surface area contributed by atoms with Crippen molar-refractivity contribution in [1.82, 2.24) is 40.0 Å². The average molecular weight is 826 g/mol. The molecule has 9 rings (SSSR count). The molecule has 3 fully saturated rings. The molecule has 3 aromatic carbocycles. The van der Waals surface area contributed by atoms with Crippen molar-refractivity contribution in [2.75, 3.05) is 33.4 Å². The molecular weight excluding hydrogens is 778 g/mol. The highest BCUT2D eigenvalue weighted by Crippen LogP contribution is 2.37. The molecule has 5 N–H and O–H groups in total. The van der Waals surface area contributed by atoms with Crippen LogP contribution in [0.4, 0.5) is 9.18 Å². The number of imidazole rings is 2. The second-order valence-corrected chi connectivity index (χ2v) is 16.0. The number of amides is 3. The van der Waals surface area contributed by atoms with Crippen molar-refractivity contribution in [2.45, 2.75) is 62.7 Å². The zero-order valence-corrected chi connectivity index (χ0v) is 33.9. The van der Waals surface area contributed by atoms with Gasteiger partial charge in [-0.15, -0.1) is 0 Å². The summed E-state index contributed by atoms with van der Waals surface area (Å²) in [6.07, 6.45) is 9.19. The molecular formula is C46H48FN9O5. The molecule has 0 unspecified atom stereocenters. The first-order chi connectivity index (χ1) is 29.7. The maximum atomic E-state index is 15.9. The third-order valence-electron chi connectivity index (χ3n) is 12.4. The number of pyridine rings is 1. The summed E-state index contributed by atoms with van der Waals surface area (Å²) in [4.78, 5) is 64.0. The number of nitrogens with two attached hydrogens (primary N) is 1. The molecule has 0 aliphatic carbocycles. The number of likely N-dealkylation sites (tertiary alicyclic amines) is 2. The molecule has 3 aliphatic rings. The number of alkyl carbamates (subject to hydrolysis) is 1. The van der Waals surface area contributed by atoms with Crippen LogP contribution in [0.3, 0.4) is 0 Å². The van der Waals surface area contributed by atoms with Crippen LogP contribution in [0.15, 0.2) is 91.4 Å². The van der Waals surface area contributed by atoms with Gasteiger partial charge in [0.25, 0.3) is 5.91 Å². The van der Waals surface area contributed by atoms with E-state index >= 15 is 4.39 Å². The molecule has 61 heavy (non-hydrogen) atoms. The van der Waals surface area contributed by atoms with Crippen LogP contribution in [0.25, 0.3) is 44.5 Å². The molecule has 3 saturated heterocycles. The van der Waals surface area contributed by atoms with Gasteiger partial charge in [-0.25, -0.2) is 19.2 Å². The van der Waals surface area contributed by atoms with Crippen LogP contribution in [0.5, 0.6) is 0 Å². The lowest BCUT2D eigenvalue weighted by Gasteiger charge is -2.32. The van der Waals surface area contributed by atoms with Crippen LogP contribution < -0.4 is 11.1 Å². The number of aromatic amines is 2. The van der Waals surface area contributed by atoms with Crippen LogP contribution in [0, 0.1) is 11.7 Å². The summed E-state index contributed by atoms with van der Waals surface area (Å²) < 4.78 is 26.2. The van der Waals surface area contributed by atoms with Gasteiger partial charge in [0.1, 0.15) is 23.5 Å². The summed E-state index contributed by atoms with van der Waals surface area (Å²) >= 11 is 0. The lowest BCUT2D eigenvalue weighted by atomic mass is 9.91. The highest BCUT2D eigenvalue weighted by Gasteiger charge is 2.39. The maximum Gasteiger partial charge on any atom is 0.407 e. The Morgan fingerprint density at radius 2 is 1.46 bits per heavy atom. The van der Waals surface area contributed by atoms with E-state index in [4.69, 9.17) is 25.2 Å². The van der Waals surface area contributed by atoms with E-state index in [0.717, 1.165) is 60.0 Å². The minimum absolute atomic E-state index is 0.0171. The first-order valence-corrected chi connectivity index (χ1v) is 20.9. The first-order valence-electron chi connectivity index (χ1n) is 20.9. The third-order valence-corrected chi connectivity index (χ3v) is 12.4. The highest BCUT2D eigenvalue weighted by molar-refractivity contribution is 5.89. The Bertz CT molecular complexity index is 2560. The molecule has 15 heteroatoms. The minimum atomic E-state index is -0.941. The second-order valence-electron chi connectivity index (χ2n) is 16.0. The van der Waals surface area contributed by atoms with Gasteiger partial charge >= 0.3 is 6.09 Å². The molecule has 4 atom stereocenters. The average Bonchev–Trinajstić information content (AvgIpc) is 4.15. The van der Waals surface area contributed by atoms with E-state index in [1.807, 2.05) is 41.3 Å². The number of hydrogen-bond acceptors (Lipinski definition) is 9. The van der Waals surface area contributed by atoms with Gasteiger partial charge in [0.2, 0.25) is 5.91 Å². The molecule has 3 aliphatic heterocycles. The van der Waals surface area contributed by atoms with E-state index in [1.54, 1.807) is 53.8 Å². The number of aromatic nitrogens is 5. The molecule has 0 radical (unpaired) electrons. The maximum absolute atomic E-state index is 15.9. The molecule has 6 heterocycles. The van der Waals surface area contributed by atoms with Crippen molar-refractivity contribution < 1.29 is 28.2 Å². The number of methoxy groups -OCH3 is 1. The lowest BCUT2D eigenvalue weighted by molar-refractivity contribution is -0.136. The van der Waals surface area contributed by atoms with E-state index in [9.17, 15) is 14.4 Å². The Hall–Kier alpha value is -6.45. The number of fused-ring (bicyclic) bond motifs is 1. The first kappa shape index (κ1) is 40.0. The van der Waals surface area contributed by atoms with Crippen LogP contribution in [-0.4, -0.2) is 92.1 Å². The van der Waals surface area contributed by atoms with Gasteiger partial charge in [-0.05, 0) is 79.7 Å². The monoisotopic (exact) mass is 825 g/mol. The number of ether oxygens (including phenoxy) is 2. The number of carbonyl (C=O) groups is 3. The molecule has 3 aromatic heterocycles. The van der Waals surface area contributed by atoms with Gasteiger partial charge in [-0.3, -0.25) is 14.6 Å². The molecule has 0 bridgehead atoms. The molecule has 314 valence electrons. The zero-order chi connectivity index (χ0) is 42.0. The fourth-order valence-corrected chi connectivity index (χ4v) is 9.03. The largest absolute Gasteiger partial charge is 0.453 e. The number of halogens is 1. The Kier molecular flexibility index (Phi) is 11.3. The highest BCUT2D eigenvalue weighted by atomic mass is 19.1. The van der Waals surface area contributed by atoms with Gasteiger partial charge in [0.15, 0.2) is 0 Å². The van der Waals surface area contributed by atoms with Crippen molar-refractivity contribution in [2.24, 2.45) is 11.7 Å². The van der Waals surface area contributed by atoms with Crippen molar-refractivity contribution in [3.05, 3.63) is 114 Å². The number of H-pyrrole nitrogens is 2. The Morgan fingerprint density at radius 1 is 0.787 bits per heavy atom. The van der Waals surface area contributed by atoms with Crippen LogP contribution in [0.2, 0.25) is 0 Å². The van der Waals surface area contributed by atoms with Gasteiger partial charge in [0.05, 0.1) is 54.7 Å². The SMILES string of the molecule is COC(=O)N[C@@H](C(=O)N1CCC[C@H]1c1ncc(-c2ccc(-c3cc4ccc(-c5cnc([C@@H]6CCCN6C(=O)[C@@H](N)C6CCOCC6)[nH]5)cc4cn3)cc2F)[nH]1)c1ccccc1. The normalized spacial score (nSPS) is 19.3. The predicted molar refractivity (Wildman–Crippen MR) is 226 cm³/mol. The topological polar surface area (TPSA) is 184 Å². The van der Waals surface area contributed by atoms with E-state index in [2.05, 4.69) is 20.3 Å². The van der Waals surface area contributed by atoms with E-state index in [1.165, 1.54) is 13.2 Å². The van der Waals surface area contributed by atoms with Crippen molar-refractivity contribution in [3.63, 3.8) is 0 Å². The summed E-state index contributed by atoms with van der Waals surface area (Å²) in [7, 11) is 1.26. The van der Waals surface area contributed by atoms with E-state index in [-0.39, 0.29) is 29.8 Å². The second kappa shape index (κ2) is 17.3. The van der Waals surface area contributed by atoms with Crippen molar-refractivity contribution >= 4 is 28.7 Å². The molecule has 6 aromatic rings. The van der Waals surface area contributed by atoms with Gasteiger partial charge in [-0.1, -0.05) is 48.5 Å². The van der Waals surface area contributed by atoms with Crippen molar-refractivity contribution in [1.29, 1.82) is 0 Å². The summed E-state index contributed by atoms with van der Waals surface area (Å²) in [5, 5.41) is 4.53. The summed E-state index contributed by atoms with van der Waals surface area (Å²) in [6.45, 7) is 2.43. The summed E-state index contributed by atoms with van der Waals surface area (Å²) in [5.74, 6) is 0.677. The Labute approximate surface area is 352 Å². The molecule has 0 saturated carbocycles. The number of rotatable bonds is 10. The predicted octanol–water partition coefficient (Wildman–Crippen LogP) is 7.00. The van der Waals surface area contributed by atoms with Crippen LogP contribution in [0.1, 0.15) is 73.9 Å². The van der Waals surface area contributed by atoms with Crippen LogP contribution >= 0.6 is 0 Å². The van der Waals surface area contributed by atoms with Crippen molar-refractivity contribution in [3.8, 4) is 33.8 Å². The number of hydrogen-bond donors (Lipinski definition) is 4. The quantitative estimate of drug-likeness (QED) is 0.113. The fraction of sp³-hybridized carbons (Fsp3) is 0.348. The number of nitrogens with zero attached hydrogens (tertiary/aromatic N) is 5. The number of nitrogens with one attached hydrogen (secondary N) is 3. The van der Waals surface area contributed by atoms with Gasteiger partial charge in [0, 0.05) is 54.6 Å². The minimum Gasteiger partial charge on any atom is -0.453 e. The lowest BCUT2D eigenvalue weighted by Crippen LogP contribution is -2.48. The summed E-state index contributed by atoms with van der Waals surface area (Å²) in [5.41, 5.74) is 11.0. The fourth-order valence-electron chi connectivity index (χ4n) is 9.03. The van der Waals surface area contributed by atoms with Gasteiger partial charge in [-0.2, -0.15) is 0 Å². The number of benzene rings is 3. The molecule has 3 amide bonds. The molecule has 0 spiro atoms. The number of carbonyl (C=O) groups excluding carboxylic acids is 3. The summed E-state index contributed by atoms with van der Waals surface area (Å²) in [6, 6.07) is 20.0.